The second kappa shape index (κ2) is 7.83. The van der Waals surface area contributed by atoms with Crippen LogP contribution in [0.4, 0.5) is 11.4 Å². The lowest BCUT2D eigenvalue weighted by molar-refractivity contribution is -0.384. The predicted molar refractivity (Wildman–Crippen MR) is 105 cm³/mol. The van der Waals surface area contributed by atoms with Crippen molar-refractivity contribution < 1.29 is 9.72 Å². The third-order valence-corrected chi connectivity index (χ3v) is 4.17. The normalized spacial score (nSPS) is 10.5. The zero-order chi connectivity index (χ0) is 20.3. The number of carbonyl (C=O) groups excluding carboxylic acids is 1. The number of aromatic nitrogens is 2. The van der Waals surface area contributed by atoms with Crippen LogP contribution in [-0.4, -0.2) is 20.6 Å². The van der Waals surface area contributed by atoms with E-state index < -0.39 is 16.4 Å². The molecule has 3 rings (SSSR count). The number of nitro groups is 1. The molecule has 0 fully saturated rings. The Bertz CT molecular complexity index is 1120. The third kappa shape index (κ3) is 4.29. The molecule has 0 spiro atoms. The van der Waals surface area contributed by atoms with Crippen LogP contribution in [0.1, 0.15) is 11.1 Å². The summed E-state index contributed by atoms with van der Waals surface area (Å²) < 4.78 is 1.03. The standard InChI is InChI=1S/C20H18N4O4/c1-13-6-7-17(14(2)10-13)21-19(25)12-23-20(26)9-8-18(22-23)15-4-3-5-16(11-15)24(27)28/h3-11H,12H2,1-2H3,(H,21,25). The van der Waals surface area contributed by atoms with E-state index in [4.69, 9.17) is 0 Å². The fourth-order valence-electron chi connectivity index (χ4n) is 2.77. The molecule has 0 saturated carbocycles. The van der Waals surface area contributed by atoms with E-state index in [0.717, 1.165) is 15.8 Å². The molecule has 0 aliphatic heterocycles. The van der Waals surface area contributed by atoms with Gasteiger partial charge in [-0.25, -0.2) is 4.68 Å². The van der Waals surface area contributed by atoms with E-state index in [2.05, 4.69) is 10.4 Å². The summed E-state index contributed by atoms with van der Waals surface area (Å²) in [6.45, 7) is 3.58. The average molecular weight is 378 g/mol. The molecule has 8 nitrogen and oxygen atoms in total. The first-order valence-corrected chi connectivity index (χ1v) is 8.53. The topological polar surface area (TPSA) is 107 Å². The molecule has 2 aromatic carbocycles. The second-order valence-corrected chi connectivity index (χ2v) is 6.39. The van der Waals surface area contributed by atoms with Gasteiger partial charge in [0.25, 0.3) is 11.2 Å². The summed E-state index contributed by atoms with van der Waals surface area (Å²) in [6.07, 6.45) is 0. The summed E-state index contributed by atoms with van der Waals surface area (Å²) in [6, 6.07) is 14.3. The summed E-state index contributed by atoms with van der Waals surface area (Å²) in [5, 5.41) is 17.9. The van der Waals surface area contributed by atoms with Crippen LogP contribution in [0, 0.1) is 24.0 Å². The molecule has 3 aromatic rings. The molecule has 1 amide bonds. The van der Waals surface area contributed by atoms with E-state index in [0.29, 0.717) is 16.9 Å². The van der Waals surface area contributed by atoms with Crippen LogP contribution in [-0.2, 0) is 11.3 Å². The highest BCUT2D eigenvalue weighted by molar-refractivity contribution is 5.91. The Balaban J connectivity index is 1.83. The molecule has 0 unspecified atom stereocenters. The average Bonchev–Trinajstić information content (AvgIpc) is 2.66. The summed E-state index contributed by atoms with van der Waals surface area (Å²) in [4.78, 5) is 34.9. The van der Waals surface area contributed by atoms with E-state index in [9.17, 15) is 19.7 Å². The lowest BCUT2D eigenvalue weighted by Gasteiger charge is -2.10. The first kappa shape index (κ1) is 19.0. The van der Waals surface area contributed by atoms with Crippen molar-refractivity contribution >= 4 is 17.3 Å². The van der Waals surface area contributed by atoms with E-state index in [1.54, 1.807) is 12.1 Å². The zero-order valence-corrected chi connectivity index (χ0v) is 15.4. The lowest BCUT2D eigenvalue weighted by Crippen LogP contribution is -2.29. The predicted octanol–water partition coefficient (Wildman–Crippen LogP) is 3.07. The number of anilines is 1. The van der Waals surface area contributed by atoms with Gasteiger partial charge in [0.1, 0.15) is 6.54 Å². The summed E-state index contributed by atoms with van der Waals surface area (Å²) >= 11 is 0. The van der Waals surface area contributed by atoms with E-state index >= 15 is 0 Å². The number of amides is 1. The van der Waals surface area contributed by atoms with Crippen molar-refractivity contribution in [1.82, 2.24) is 9.78 Å². The minimum Gasteiger partial charge on any atom is -0.324 e. The number of carbonyl (C=O) groups is 1. The van der Waals surface area contributed by atoms with Crippen molar-refractivity contribution in [2.45, 2.75) is 20.4 Å². The molecule has 28 heavy (non-hydrogen) atoms. The number of nitrogens with one attached hydrogen (secondary N) is 1. The molecule has 1 heterocycles. The molecule has 1 aromatic heterocycles. The Morgan fingerprint density at radius 1 is 1.14 bits per heavy atom. The summed E-state index contributed by atoms with van der Waals surface area (Å²) in [7, 11) is 0. The Morgan fingerprint density at radius 3 is 2.64 bits per heavy atom. The van der Waals surface area contributed by atoms with E-state index in [1.807, 2.05) is 26.0 Å². The Labute approximate surface area is 160 Å². The second-order valence-electron chi connectivity index (χ2n) is 6.39. The third-order valence-electron chi connectivity index (χ3n) is 4.17. The first-order chi connectivity index (χ1) is 13.3. The number of hydrogen-bond acceptors (Lipinski definition) is 5. The minimum absolute atomic E-state index is 0.0790. The summed E-state index contributed by atoms with van der Waals surface area (Å²) in [5.41, 5.74) is 2.99. The van der Waals surface area contributed by atoms with Gasteiger partial charge in [-0.1, -0.05) is 29.8 Å². The van der Waals surface area contributed by atoms with Crippen LogP contribution in [0.5, 0.6) is 0 Å². The molecule has 0 radical (unpaired) electrons. The van der Waals surface area contributed by atoms with Crippen molar-refractivity contribution in [3.63, 3.8) is 0 Å². The largest absolute Gasteiger partial charge is 0.324 e. The van der Waals surface area contributed by atoms with Crippen molar-refractivity contribution in [1.29, 1.82) is 0 Å². The Kier molecular flexibility index (Phi) is 5.30. The monoisotopic (exact) mass is 378 g/mol. The van der Waals surface area contributed by atoms with Crippen LogP contribution in [0.3, 0.4) is 0 Å². The molecule has 1 N–H and O–H groups in total. The van der Waals surface area contributed by atoms with Gasteiger partial charge in [-0.15, -0.1) is 0 Å². The Hall–Kier alpha value is -3.81. The molecule has 0 aliphatic carbocycles. The molecular formula is C20H18N4O4. The van der Waals surface area contributed by atoms with Crippen LogP contribution >= 0.6 is 0 Å². The summed E-state index contributed by atoms with van der Waals surface area (Å²) in [5.74, 6) is -0.391. The van der Waals surface area contributed by atoms with Gasteiger partial charge in [0.2, 0.25) is 5.91 Å². The molecule has 8 heteroatoms. The Morgan fingerprint density at radius 2 is 1.93 bits per heavy atom. The quantitative estimate of drug-likeness (QED) is 0.542. The molecular weight excluding hydrogens is 360 g/mol. The molecule has 142 valence electrons. The number of non-ortho nitro benzene ring substituents is 1. The van der Waals surface area contributed by atoms with Gasteiger partial charge in [-0.2, -0.15) is 5.10 Å². The highest BCUT2D eigenvalue weighted by Crippen LogP contribution is 2.21. The van der Waals surface area contributed by atoms with Crippen molar-refractivity contribution in [3.05, 3.63) is 86.2 Å². The fourth-order valence-corrected chi connectivity index (χ4v) is 2.77. The lowest BCUT2D eigenvalue weighted by atomic mass is 10.1. The smallest absolute Gasteiger partial charge is 0.270 e. The van der Waals surface area contributed by atoms with Crippen LogP contribution in [0.25, 0.3) is 11.3 Å². The SMILES string of the molecule is Cc1ccc(NC(=O)Cn2nc(-c3cccc([N+](=O)[O-])c3)ccc2=O)c(C)c1. The zero-order valence-electron chi connectivity index (χ0n) is 15.4. The minimum atomic E-state index is -0.503. The van der Waals surface area contributed by atoms with Crippen molar-refractivity contribution in [2.75, 3.05) is 5.32 Å². The number of rotatable bonds is 5. The highest BCUT2D eigenvalue weighted by atomic mass is 16.6. The number of nitrogens with zero attached hydrogens (tertiary/aromatic N) is 3. The van der Waals surface area contributed by atoms with E-state index in [-0.39, 0.29) is 12.2 Å². The van der Waals surface area contributed by atoms with Crippen LogP contribution in [0.2, 0.25) is 0 Å². The van der Waals surface area contributed by atoms with Gasteiger partial charge in [-0.3, -0.25) is 19.7 Å². The number of aryl methyl sites for hydroxylation is 2. The van der Waals surface area contributed by atoms with Crippen LogP contribution < -0.4 is 10.9 Å². The maximum absolute atomic E-state index is 12.4. The maximum atomic E-state index is 12.4. The molecule has 0 saturated heterocycles. The molecule has 0 atom stereocenters. The van der Waals surface area contributed by atoms with Gasteiger partial charge < -0.3 is 5.32 Å². The van der Waals surface area contributed by atoms with Gasteiger partial charge >= 0.3 is 0 Å². The molecule has 0 aliphatic rings. The number of nitro benzene ring substituents is 1. The van der Waals surface area contributed by atoms with E-state index in [1.165, 1.54) is 30.3 Å². The van der Waals surface area contributed by atoms with Gasteiger partial charge in [-0.05, 0) is 31.5 Å². The van der Waals surface area contributed by atoms with Gasteiger partial charge in [0.05, 0.1) is 10.6 Å². The van der Waals surface area contributed by atoms with Crippen molar-refractivity contribution in [3.8, 4) is 11.3 Å². The highest BCUT2D eigenvalue weighted by Gasteiger charge is 2.12. The van der Waals surface area contributed by atoms with Crippen LogP contribution in [0.15, 0.2) is 59.4 Å². The van der Waals surface area contributed by atoms with Gasteiger partial charge in [0.15, 0.2) is 0 Å². The first-order valence-electron chi connectivity index (χ1n) is 8.53. The number of benzene rings is 2. The molecule has 0 bridgehead atoms. The fraction of sp³-hybridized carbons (Fsp3) is 0.150. The van der Waals surface area contributed by atoms with Crippen molar-refractivity contribution in [2.24, 2.45) is 0 Å². The van der Waals surface area contributed by atoms with Gasteiger partial charge in [0, 0.05) is 29.4 Å². The number of hydrogen-bond donors (Lipinski definition) is 1. The maximum Gasteiger partial charge on any atom is 0.270 e.